The van der Waals surface area contributed by atoms with E-state index in [1.165, 1.54) is 11.8 Å². The Labute approximate surface area is 236 Å². The summed E-state index contributed by atoms with van der Waals surface area (Å²) in [6.07, 6.45) is -0.818. The van der Waals surface area contributed by atoms with Gasteiger partial charge in [-0.1, -0.05) is 37.3 Å². The molecule has 12 heteroatoms. The minimum atomic E-state index is -1.81. The van der Waals surface area contributed by atoms with Crippen LogP contribution in [0.5, 0.6) is 0 Å². The first-order chi connectivity index (χ1) is 18.7. The highest BCUT2D eigenvalue weighted by Crippen LogP contribution is 2.32. The number of carbonyl (C=O) groups is 2. The van der Waals surface area contributed by atoms with E-state index in [9.17, 15) is 28.4 Å². The van der Waals surface area contributed by atoms with E-state index < -0.39 is 48.9 Å². The minimum absolute atomic E-state index is 0.0275. The lowest BCUT2D eigenvalue weighted by molar-refractivity contribution is -0.138. The number of nitrogens with zero attached hydrogens (tertiary/aromatic N) is 3. The van der Waals surface area contributed by atoms with Gasteiger partial charge in [0.1, 0.15) is 24.9 Å². The van der Waals surface area contributed by atoms with Gasteiger partial charge in [-0.3, -0.25) is 9.69 Å². The highest BCUT2D eigenvalue weighted by Gasteiger charge is 2.47. The maximum absolute atomic E-state index is 14.0. The fourth-order valence-electron chi connectivity index (χ4n) is 4.86. The van der Waals surface area contributed by atoms with Crippen LogP contribution >= 0.6 is 0 Å². The third-order valence-corrected chi connectivity index (χ3v) is 7.85. The predicted octanol–water partition coefficient (Wildman–Crippen LogP) is 3.04. The summed E-state index contributed by atoms with van der Waals surface area (Å²) in [5.41, 5.74) is -0.108. The van der Waals surface area contributed by atoms with E-state index in [1.54, 1.807) is 31.2 Å². The molecule has 2 saturated heterocycles. The van der Waals surface area contributed by atoms with Crippen molar-refractivity contribution in [2.75, 3.05) is 26.2 Å². The molecule has 2 amide bonds. The first-order valence-electron chi connectivity index (χ1n) is 13.8. The molecule has 2 aliphatic rings. The Morgan fingerprint density at radius 3 is 2.42 bits per heavy atom. The molecule has 0 bridgehead atoms. The van der Waals surface area contributed by atoms with Crippen LogP contribution in [0.4, 0.5) is 13.6 Å². The number of alkyl carbamates (subject to hydrolysis) is 1. The van der Waals surface area contributed by atoms with E-state index in [0.29, 0.717) is 6.54 Å². The van der Waals surface area contributed by atoms with Crippen molar-refractivity contribution < 1.29 is 33.2 Å². The monoisotopic (exact) mass is 564 g/mol. The molecule has 1 aromatic carbocycles. The van der Waals surface area contributed by atoms with E-state index >= 15 is 0 Å². The van der Waals surface area contributed by atoms with Gasteiger partial charge in [-0.2, -0.15) is 5.26 Å². The molecule has 0 aliphatic carbocycles. The number of rotatable bonds is 9. The normalized spacial score (nSPS) is 24.4. The predicted molar refractivity (Wildman–Crippen MR) is 148 cm³/mol. The molecule has 2 fully saturated rings. The van der Waals surface area contributed by atoms with E-state index in [0.717, 1.165) is 24.9 Å². The van der Waals surface area contributed by atoms with Gasteiger partial charge < -0.3 is 25.0 Å². The van der Waals surface area contributed by atoms with Crippen molar-refractivity contribution in [3.8, 4) is 6.07 Å². The van der Waals surface area contributed by atoms with Crippen LogP contribution in [0.25, 0.3) is 0 Å². The molecule has 40 heavy (non-hydrogen) atoms. The second-order valence-corrected chi connectivity index (χ2v) is 11.5. The Morgan fingerprint density at radius 2 is 1.90 bits per heavy atom. The molecule has 0 saturated carbocycles. The number of likely N-dealkylation sites (tertiary alicyclic amines) is 2. The average Bonchev–Trinajstić information content (AvgIpc) is 3.50. The molecule has 5 atom stereocenters. The lowest BCUT2D eigenvalue weighted by atomic mass is 9.76. The van der Waals surface area contributed by atoms with Crippen LogP contribution in [-0.4, -0.2) is 94.6 Å². The van der Waals surface area contributed by atoms with Crippen LogP contribution in [0, 0.1) is 17.2 Å². The zero-order chi connectivity index (χ0) is 30.1. The quantitative estimate of drug-likeness (QED) is 0.394. The summed E-state index contributed by atoms with van der Waals surface area (Å²) in [6, 6.07) is 10.8. The van der Waals surface area contributed by atoms with Gasteiger partial charge in [-0.15, -0.1) is 0 Å². The molecule has 0 aromatic heterocycles. The molecule has 3 N–H and O–H groups in total. The highest BCUT2D eigenvalue weighted by molar-refractivity contribution is 6.43. The summed E-state index contributed by atoms with van der Waals surface area (Å²) in [7, 11) is -1.81. The largest absolute Gasteiger partial charge is 0.475 e. The Balaban J connectivity index is 0.000000425. The Morgan fingerprint density at radius 1 is 1.25 bits per heavy atom. The number of hydrogen-bond acceptors (Lipinski definition) is 7. The van der Waals surface area contributed by atoms with Crippen LogP contribution in [0.3, 0.4) is 0 Å². The van der Waals surface area contributed by atoms with E-state index in [2.05, 4.69) is 31.0 Å². The number of alkyl halides is 2. The van der Waals surface area contributed by atoms with Gasteiger partial charge in [-0.25, -0.2) is 13.6 Å². The maximum Gasteiger partial charge on any atom is 0.475 e. The zero-order valence-corrected chi connectivity index (χ0v) is 24.1. The third-order valence-electron chi connectivity index (χ3n) is 7.85. The number of nitriles is 1. The van der Waals surface area contributed by atoms with Gasteiger partial charge >= 0.3 is 13.2 Å². The summed E-state index contributed by atoms with van der Waals surface area (Å²) in [4.78, 5) is 28.0. The zero-order valence-electron chi connectivity index (χ0n) is 24.1. The summed E-state index contributed by atoms with van der Waals surface area (Å²) in [6.45, 7) is 10.7. The fourth-order valence-corrected chi connectivity index (χ4v) is 4.86. The molecule has 222 valence electrons. The van der Waals surface area contributed by atoms with Crippen LogP contribution in [0.1, 0.15) is 59.4 Å². The van der Waals surface area contributed by atoms with Crippen LogP contribution in [-0.2, 0) is 16.0 Å². The molecule has 1 unspecified atom stereocenters. The minimum Gasteiger partial charge on any atom is -0.447 e. The lowest BCUT2D eigenvalue weighted by Crippen LogP contribution is -2.52. The second kappa shape index (κ2) is 14.8. The Bertz CT molecular complexity index is 1010. The summed E-state index contributed by atoms with van der Waals surface area (Å²) in [5.74, 6) is -2.47. The van der Waals surface area contributed by atoms with Gasteiger partial charge in [0.25, 0.3) is 0 Å². The van der Waals surface area contributed by atoms with E-state index in [4.69, 9.17) is 10.00 Å². The van der Waals surface area contributed by atoms with E-state index in [1.807, 2.05) is 12.1 Å². The van der Waals surface area contributed by atoms with Crippen molar-refractivity contribution >= 4 is 19.1 Å². The van der Waals surface area contributed by atoms with Gasteiger partial charge in [0.2, 0.25) is 5.91 Å². The van der Waals surface area contributed by atoms with Crippen molar-refractivity contribution in [2.45, 2.75) is 89.7 Å². The van der Waals surface area contributed by atoms with E-state index in [-0.39, 0.29) is 31.5 Å². The fraction of sp³-hybridized carbons (Fsp3) is 0.679. The number of halogens is 2. The van der Waals surface area contributed by atoms with Crippen LogP contribution < -0.4 is 5.32 Å². The first-order valence-corrected chi connectivity index (χ1v) is 13.8. The molecule has 2 heterocycles. The molecular weight excluding hydrogens is 521 g/mol. The van der Waals surface area contributed by atoms with Crippen molar-refractivity contribution in [1.82, 2.24) is 15.1 Å². The molecule has 3 rings (SSSR count). The summed E-state index contributed by atoms with van der Waals surface area (Å²) in [5, 5.41) is 30.4. The maximum atomic E-state index is 14.0. The van der Waals surface area contributed by atoms with Gasteiger partial charge in [0, 0.05) is 25.0 Å². The van der Waals surface area contributed by atoms with Gasteiger partial charge in [0.05, 0.1) is 24.1 Å². The molecular formula is C28H43BF2N4O5. The number of ether oxygens (including phenoxy) is 1. The number of hydrogen-bond donors (Lipinski definition) is 3. The number of nitrogens with one attached hydrogen (secondary N) is 1. The van der Waals surface area contributed by atoms with Crippen molar-refractivity contribution in [3.63, 3.8) is 0 Å². The van der Waals surface area contributed by atoms with Crippen LogP contribution in [0.15, 0.2) is 30.3 Å². The number of amides is 2. The Kier molecular flexibility index (Phi) is 12.3. The molecule has 0 radical (unpaired) electrons. The lowest BCUT2D eigenvalue weighted by Gasteiger charge is -2.35. The second-order valence-electron chi connectivity index (χ2n) is 11.5. The third kappa shape index (κ3) is 9.42. The van der Waals surface area contributed by atoms with Crippen molar-refractivity contribution in [1.29, 1.82) is 5.26 Å². The average molecular weight is 564 g/mol. The summed E-state index contributed by atoms with van der Waals surface area (Å²) < 4.78 is 32.0. The molecule has 1 aromatic rings. The van der Waals surface area contributed by atoms with Crippen molar-refractivity contribution in [3.05, 3.63) is 35.9 Å². The number of carbonyl (C=O) groups excluding carboxylic acids is 2. The van der Waals surface area contributed by atoms with Crippen LogP contribution in [0.2, 0.25) is 0 Å². The van der Waals surface area contributed by atoms with Gasteiger partial charge in [-0.05, 0) is 52.5 Å². The molecule has 2 aliphatic heterocycles. The van der Waals surface area contributed by atoms with Crippen molar-refractivity contribution in [2.24, 2.45) is 5.92 Å². The smallest absolute Gasteiger partial charge is 0.447 e. The standard InChI is InChI=1S/C19H25BFN3O5.C9H18FN/c1-13(10-22)17(25)24-11-15(21)9-19(24,2)12-29-18(26)23-16(20(27)28)8-14-6-4-3-5-7-14;1-4-9(2,3)11-6-5-8(10)7-11/h3-7,13,15-16,27-28H,8-9,11-12H2,1-2H3,(H,23,26);8H,4-7H2,1-3H3/t13?,15-,16-,19+;8-/m01/s1. The SMILES string of the molecule is CC(C#N)C(=O)N1C[C@@H](F)C[C@]1(C)COC(=O)N[C@@H](Cc1ccccc1)B(O)O.CCC(C)(C)N1CC[C@@H](F)C1. The number of benzene rings is 1. The topological polar surface area (TPSA) is 126 Å². The molecule has 0 spiro atoms. The highest BCUT2D eigenvalue weighted by atomic mass is 19.1. The van der Waals surface area contributed by atoms with Gasteiger partial charge in [0.15, 0.2) is 0 Å². The first kappa shape index (κ1) is 33.5. The Hall–Kier alpha value is -2.75. The molecule has 9 nitrogen and oxygen atoms in total. The summed E-state index contributed by atoms with van der Waals surface area (Å²) >= 11 is 0.